The van der Waals surface area contributed by atoms with Crippen LogP contribution in [0.2, 0.25) is 0 Å². The van der Waals surface area contributed by atoms with Crippen LogP contribution in [0.25, 0.3) is 0 Å². The molecule has 0 unspecified atom stereocenters. The van der Waals surface area contributed by atoms with E-state index in [0.717, 1.165) is 19.5 Å². The van der Waals surface area contributed by atoms with E-state index in [-0.39, 0.29) is 24.5 Å². The lowest BCUT2D eigenvalue weighted by Gasteiger charge is -2.40. The number of benzene rings is 4. The number of hydrogen-bond acceptors (Lipinski definition) is 4. The number of hydrogen-bond donors (Lipinski definition) is 1. The minimum absolute atomic E-state index is 0.0809. The lowest BCUT2D eigenvalue weighted by atomic mass is 9.96. The number of aryl methyl sites for hydroxylation is 1. The predicted octanol–water partition coefficient (Wildman–Crippen LogP) is 5.81. The molecule has 5 rings (SSSR count). The summed E-state index contributed by atoms with van der Waals surface area (Å²) < 4.78 is 5.65. The highest BCUT2D eigenvalue weighted by Crippen LogP contribution is 2.30. The molecule has 1 heterocycles. The van der Waals surface area contributed by atoms with Crippen LogP contribution in [-0.4, -0.2) is 54.4 Å². The zero-order chi connectivity index (χ0) is 27.7. The van der Waals surface area contributed by atoms with Crippen LogP contribution in [-0.2, 0) is 11.2 Å². The number of para-hydroxylation sites is 1. The van der Waals surface area contributed by atoms with Crippen LogP contribution >= 0.6 is 0 Å². The van der Waals surface area contributed by atoms with Gasteiger partial charge < -0.3 is 15.0 Å². The van der Waals surface area contributed by atoms with Gasteiger partial charge in [-0.2, -0.15) is 0 Å². The van der Waals surface area contributed by atoms with Crippen molar-refractivity contribution < 1.29 is 14.3 Å². The molecule has 1 saturated heterocycles. The first-order chi connectivity index (χ1) is 19.6. The van der Waals surface area contributed by atoms with Gasteiger partial charge in [0.25, 0.3) is 11.8 Å². The minimum Gasteiger partial charge on any atom is -0.484 e. The minimum atomic E-state index is -0.307. The van der Waals surface area contributed by atoms with Crippen molar-refractivity contribution in [3.8, 4) is 5.75 Å². The molecular weight excluding hydrogens is 498 g/mol. The van der Waals surface area contributed by atoms with Crippen LogP contribution in [0.5, 0.6) is 5.75 Å². The van der Waals surface area contributed by atoms with Crippen molar-refractivity contribution in [1.82, 2.24) is 9.80 Å². The summed E-state index contributed by atoms with van der Waals surface area (Å²) in [6.07, 6.45) is 0.946. The van der Waals surface area contributed by atoms with Crippen molar-refractivity contribution in [2.75, 3.05) is 38.1 Å². The van der Waals surface area contributed by atoms with Gasteiger partial charge in [0.1, 0.15) is 5.75 Å². The fourth-order valence-electron chi connectivity index (χ4n) is 5.17. The molecule has 204 valence electrons. The molecule has 0 radical (unpaired) electrons. The summed E-state index contributed by atoms with van der Waals surface area (Å²) >= 11 is 0. The molecule has 0 aromatic heterocycles. The van der Waals surface area contributed by atoms with Crippen molar-refractivity contribution >= 4 is 17.5 Å². The number of nitrogens with one attached hydrogen (secondary N) is 1. The molecule has 1 aliphatic heterocycles. The second kappa shape index (κ2) is 13.1. The second-order valence-corrected chi connectivity index (χ2v) is 9.93. The Balaban J connectivity index is 1.22. The molecule has 0 aliphatic carbocycles. The maximum atomic E-state index is 13.6. The van der Waals surface area contributed by atoms with E-state index in [9.17, 15) is 9.59 Å². The SMILES string of the molecule is CCc1ccc(OCC(=O)Nc2ccccc2C(=O)N2CCN(C(c3ccccc3)c3ccccc3)CC2)cc1. The molecule has 0 atom stereocenters. The average molecular weight is 534 g/mol. The second-order valence-electron chi connectivity index (χ2n) is 9.93. The molecule has 4 aromatic carbocycles. The Morgan fingerprint density at radius 3 is 1.93 bits per heavy atom. The molecular formula is C34H35N3O3. The molecule has 4 aromatic rings. The van der Waals surface area contributed by atoms with E-state index in [1.165, 1.54) is 16.7 Å². The van der Waals surface area contributed by atoms with Gasteiger partial charge >= 0.3 is 0 Å². The van der Waals surface area contributed by atoms with Crippen LogP contribution < -0.4 is 10.1 Å². The lowest BCUT2D eigenvalue weighted by molar-refractivity contribution is -0.118. The number of carbonyl (C=O) groups is 2. The van der Waals surface area contributed by atoms with Crippen molar-refractivity contribution in [1.29, 1.82) is 0 Å². The van der Waals surface area contributed by atoms with E-state index in [2.05, 4.69) is 65.7 Å². The smallest absolute Gasteiger partial charge is 0.262 e. The molecule has 40 heavy (non-hydrogen) atoms. The summed E-state index contributed by atoms with van der Waals surface area (Å²) in [5.41, 5.74) is 4.67. The van der Waals surface area contributed by atoms with E-state index in [4.69, 9.17) is 4.74 Å². The molecule has 6 heteroatoms. The van der Waals surface area contributed by atoms with E-state index in [1.54, 1.807) is 12.1 Å². The quantitative estimate of drug-likeness (QED) is 0.295. The Kier molecular flexibility index (Phi) is 8.89. The van der Waals surface area contributed by atoms with Gasteiger partial charge in [0.05, 0.1) is 17.3 Å². The number of amides is 2. The van der Waals surface area contributed by atoms with Gasteiger partial charge in [-0.05, 0) is 47.4 Å². The van der Waals surface area contributed by atoms with Crippen molar-refractivity contribution in [3.63, 3.8) is 0 Å². The van der Waals surface area contributed by atoms with Gasteiger partial charge in [-0.1, -0.05) is 91.9 Å². The van der Waals surface area contributed by atoms with E-state index < -0.39 is 0 Å². The third-order valence-electron chi connectivity index (χ3n) is 7.33. The van der Waals surface area contributed by atoms with Gasteiger partial charge in [-0.3, -0.25) is 14.5 Å². The molecule has 1 N–H and O–H groups in total. The van der Waals surface area contributed by atoms with Gasteiger partial charge in [-0.15, -0.1) is 0 Å². The van der Waals surface area contributed by atoms with E-state index >= 15 is 0 Å². The number of rotatable bonds is 9. The lowest BCUT2D eigenvalue weighted by Crippen LogP contribution is -2.50. The number of nitrogens with zero attached hydrogens (tertiary/aromatic N) is 2. The normalized spacial score (nSPS) is 13.7. The number of piperazine rings is 1. The Hall–Kier alpha value is -4.42. The molecule has 1 aliphatic rings. The molecule has 6 nitrogen and oxygen atoms in total. The van der Waals surface area contributed by atoms with Gasteiger partial charge in [0.2, 0.25) is 0 Å². The van der Waals surface area contributed by atoms with Crippen LogP contribution in [0.1, 0.15) is 40.0 Å². The molecule has 0 bridgehead atoms. The largest absolute Gasteiger partial charge is 0.484 e. The summed E-state index contributed by atoms with van der Waals surface area (Å²) in [6, 6.07) is 36.0. The first-order valence-electron chi connectivity index (χ1n) is 13.9. The highest BCUT2D eigenvalue weighted by atomic mass is 16.5. The van der Waals surface area contributed by atoms with Crippen LogP contribution in [0.3, 0.4) is 0 Å². The molecule has 2 amide bonds. The summed E-state index contributed by atoms with van der Waals surface area (Å²) in [6.45, 7) is 4.67. The van der Waals surface area contributed by atoms with Crippen molar-refractivity contribution in [3.05, 3.63) is 131 Å². The summed E-state index contributed by atoms with van der Waals surface area (Å²) in [7, 11) is 0. The number of carbonyl (C=O) groups excluding carboxylic acids is 2. The first kappa shape index (κ1) is 27.2. The topological polar surface area (TPSA) is 61.9 Å². The number of ether oxygens (including phenoxy) is 1. The monoisotopic (exact) mass is 533 g/mol. The Labute approximate surface area is 236 Å². The fraction of sp³-hybridized carbons (Fsp3) is 0.235. The molecule has 1 fully saturated rings. The third kappa shape index (κ3) is 6.58. The maximum Gasteiger partial charge on any atom is 0.262 e. The van der Waals surface area contributed by atoms with Crippen LogP contribution in [0, 0.1) is 0 Å². The summed E-state index contributed by atoms with van der Waals surface area (Å²) in [4.78, 5) is 30.6. The predicted molar refractivity (Wildman–Crippen MR) is 159 cm³/mol. The molecule has 0 spiro atoms. The van der Waals surface area contributed by atoms with Crippen LogP contribution in [0.4, 0.5) is 5.69 Å². The summed E-state index contributed by atoms with van der Waals surface area (Å²) in [5, 5.41) is 2.87. The number of anilines is 1. The highest BCUT2D eigenvalue weighted by molar-refractivity contribution is 6.04. The fourth-order valence-corrected chi connectivity index (χ4v) is 5.17. The van der Waals surface area contributed by atoms with Crippen molar-refractivity contribution in [2.24, 2.45) is 0 Å². The average Bonchev–Trinajstić information content (AvgIpc) is 3.02. The van der Waals surface area contributed by atoms with Crippen molar-refractivity contribution in [2.45, 2.75) is 19.4 Å². The Bertz CT molecular complexity index is 1360. The zero-order valence-electron chi connectivity index (χ0n) is 22.8. The highest BCUT2D eigenvalue weighted by Gasteiger charge is 2.29. The maximum absolute atomic E-state index is 13.6. The Morgan fingerprint density at radius 2 is 1.32 bits per heavy atom. The van der Waals surface area contributed by atoms with Gasteiger partial charge in [-0.25, -0.2) is 0 Å². The first-order valence-corrected chi connectivity index (χ1v) is 13.9. The van der Waals surface area contributed by atoms with Gasteiger partial charge in [0.15, 0.2) is 6.61 Å². The standard InChI is InChI=1S/C34H35N3O3/c1-2-26-17-19-29(20-18-26)40-25-32(38)35-31-16-10-9-15-30(31)34(39)37-23-21-36(22-24-37)33(27-11-5-3-6-12-27)28-13-7-4-8-14-28/h3-20,33H,2,21-25H2,1H3,(H,35,38). The van der Waals surface area contributed by atoms with Crippen LogP contribution in [0.15, 0.2) is 109 Å². The van der Waals surface area contributed by atoms with E-state index in [1.807, 2.05) is 53.4 Å². The van der Waals surface area contributed by atoms with E-state index in [0.29, 0.717) is 30.1 Å². The Morgan fingerprint density at radius 1 is 0.750 bits per heavy atom. The summed E-state index contributed by atoms with van der Waals surface area (Å²) in [5.74, 6) is 0.250. The zero-order valence-corrected chi connectivity index (χ0v) is 22.8. The third-order valence-corrected chi connectivity index (χ3v) is 7.33. The van der Waals surface area contributed by atoms with Gasteiger partial charge in [0, 0.05) is 26.2 Å². The molecule has 0 saturated carbocycles.